The number of urea groups is 1. The Labute approximate surface area is 134 Å². The Bertz CT molecular complexity index is 586. The minimum absolute atomic E-state index is 0.0702. The molecule has 118 valence electrons. The van der Waals surface area contributed by atoms with E-state index in [-0.39, 0.29) is 19.2 Å². The lowest BCUT2D eigenvalue weighted by Gasteiger charge is -2.21. The van der Waals surface area contributed by atoms with E-state index < -0.39 is 0 Å². The average molecular weight is 319 g/mol. The van der Waals surface area contributed by atoms with Crippen LogP contribution in [0.2, 0.25) is 0 Å². The summed E-state index contributed by atoms with van der Waals surface area (Å²) in [5, 5.41) is 12.6. The second-order valence-corrected chi connectivity index (χ2v) is 6.06. The molecule has 0 spiro atoms. The number of hydrogen-bond acceptors (Lipinski definition) is 4. The van der Waals surface area contributed by atoms with Crippen LogP contribution in [0.4, 0.5) is 9.93 Å². The molecule has 0 aliphatic rings. The fraction of sp³-hybridized carbons (Fsp3) is 0.375. The lowest BCUT2D eigenvalue weighted by Crippen LogP contribution is -2.36. The van der Waals surface area contributed by atoms with Gasteiger partial charge in [0.25, 0.3) is 0 Å². The van der Waals surface area contributed by atoms with Crippen molar-refractivity contribution in [3.63, 3.8) is 0 Å². The topological polar surface area (TPSA) is 65.5 Å². The molecule has 22 heavy (non-hydrogen) atoms. The highest BCUT2D eigenvalue weighted by molar-refractivity contribution is 7.15. The zero-order valence-corrected chi connectivity index (χ0v) is 13.5. The first-order valence-corrected chi connectivity index (χ1v) is 8.20. The van der Waals surface area contributed by atoms with Crippen LogP contribution in [0.25, 0.3) is 0 Å². The van der Waals surface area contributed by atoms with Crippen LogP contribution in [0.1, 0.15) is 23.8 Å². The number of carbonyl (C=O) groups is 1. The predicted octanol–water partition coefficient (Wildman–Crippen LogP) is 3.12. The lowest BCUT2D eigenvalue weighted by atomic mass is 10.2. The number of aliphatic hydroxyl groups is 1. The summed E-state index contributed by atoms with van der Waals surface area (Å²) in [6, 6.07) is 9.48. The number of aliphatic hydroxyl groups excluding tert-OH is 1. The van der Waals surface area contributed by atoms with Gasteiger partial charge in [-0.15, -0.1) is 11.3 Å². The number of nitrogens with one attached hydrogen (secondary N) is 1. The summed E-state index contributed by atoms with van der Waals surface area (Å²) in [5.41, 5.74) is 1.02. The number of carbonyl (C=O) groups excluding carboxylic acids is 1. The molecule has 1 heterocycles. The van der Waals surface area contributed by atoms with E-state index in [1.54, 1.807) is 11.1 Å². The summed E-state index contributed by atoms with van der Waals surface area (Å²) in [7, 11) is 0. The molecule has 0 saturated carbocycles. The molecule has 0 saturated heterocycles. The Kier molecular flexibility index (Phi) is 6.36. The molecule has 0 fully saturated rings. The number of aryl methyl sites for hydroxylation is 1. The normalized spacial score (nSPS) is 10.5. The Morgan fingerprint density at radius 1 is 1.36 bits per heavy atom. The number of nitrogens with zero attached hydrogens (tertiary/aromatic N) is 2. The second-order valence-electron chi connectivity index (χ2n) is 4.94. The van der Waals surface area contributed by atoms with E-state index in [4.69, 9.17) is 5.11 Å². The standard InChI is InChI=1S/C16H21N3O2S/c1-2-6-14-11-17-15(22-14)18-16(21)19(9-10-20)12-13-7-4-3-5-8-13/h3-5,7-8,11,20H,2,6,9-10,12H2,1H3,(H,17,18,21). The largest absolute Gasteiger partial charge is 0.395 e. The van der Waals surface area contributed by atoms with Crippen molar-refractivity contribution in [2.45, 2.75) is 26.3 Å². The molecule has 2 rings (SSSR count). The third kappa shape index (κ3) is 4.82. The van der Waals surface area contributed by atoms with Crippen molar-refractivity contribution in [1.29, 1.82) is 0 Å². The van der Waals surface area contributed by atoms with Gasteiger partial charge in [-0.25, -0.2) is 9.78 Å². The molecule has 2 N–H and O–H groups in total. The van der Waals surface area contributed by atoms with E-state index in [1.165, 1.54) is 11.3 Å². The molecule has 6 heteroatoms. The number of thiazole rings is 1. The Morgan fingerprint density at radius 2 is 2.14 bits per heavy atom. The molecule has 0 aliphatic carbocycles. The number of benzene rings is 1. The molecule has 0 radical (unpaired) electrons. The van der Waals surface area contributed by atoms with Gasteiger partial charge < -0.3 is 10.0 Å². The SMILES string of the molecule is CCCc1cnc(NC(=O)N(CCO)Cc2ccccc2)s1. The number of anilines is 1. The van der Waals surface area contributed by atoms with E-state index >= 15 is 0 Å². The number of amides is 2. The van der Waals surface area contributed by atoms with Gasteiger partial charge >= 0.3 is 6.03 Å². The van der Waals surface area contributed by atoms with Gasteiger partial charge in [-0.1, -0.05) is 43.7 Å². The Balaban J connectivity index is 1.99. The summed E-state index contributed by atoms with van der Waals surface area (Å²) in [5.74, 6) is 0. The minimum atomic E-state index is -0.240. The highest BCUT2D eigenvalue weighted by Gasteiger charge is 2.15. The maximum Gasteiger partial charge on any atom is 0.324 e. The van der Waals surface area contributed by atoms with Crippen molar-refractivity contribution in [2.75, 3.05) is 18.5 Å². The van der Waals surface area contributed by atoms with Gasteiger partial charge in [0, 0.05) is 24.2 Å². The second kappa shape index (κ2) is 8.51. The van der Waals surface area contributed by atoms with Crippen LogP contribution in [0.3, 0.4) is 0 Å². The summed E-state index contributed by atoms with van der Waals surface area (Å²) in [4.78, 5) is 19.3. The van der Waals surface area contributed by atoms with Gasteiger partial charge in [-0.05, 0) is 12.0 Å². The fourth-order valence-corrected chi connectivity index (χ4v) is 2.98. The maximum atomic E-state index is 12.3. The minimum Gasteiger partial charge on any atom is -0.395 e. The zero-order valence-electron chi connectivity index (χ0n) is 12.7. The van der Waals surface area contributed by atoms with E-state index in [1.807, 2.05) is 30.3 Å². The number of aromatic nitrogens is 1. The van der Waals surface area contributed by atoms with Crippen molar-refractivity contribution in [2.24, 2.45) is 0 Å². The monoisotopic (exact) mass is 319 g/mol. The summed E-state index contributed by atoms with van der Waals surface area (Å²) in [6.45, 7) is 2.79. The fourth-order valence-electron chi connectivity index (χ4n) is 2.07. The van der Waals surface area contributed by atoms with Crippen LogP contribution >= 0.6 is 11.3 Å². The van der Waals surface area contributed by atoms with Gasteiger partial charge in [-0.3, -0.25) is 5.32 Å². The molecule has 5 nitrogen and oxygen atoms in total. The van der Waals surface area contributed by atoms with Gasteiger partial charge in [0.1, 0.15) is 0 Å². The van der Waals surface area contributed by atoms with Crippen molar-refractivity contribution >= 4 is 22.5 Å². The van der Waals surface area contributed by atoms with Gasteiger partial charge in [-0.2, -0.15) is 0 Å². The molecule has 0 aliphatic heterocycles. The average Bonchev–Trinajstić information content (AvgIpc) is 2.95. The van der Waals surface area contributed by atoms with Crippen LogP contribution < -0.4 is 5.32 Å². The van der Waals surface area contributed by atoms with Gasteiger partial charge in [0.15, 0.2) is 5.13 Å². The van der Waals surface area contributed by atoms with Gasteiger partial charge in [0.2, 0.25) is 0 Å². The molecule has 1 aromatic carbocycles. The molecule has 2 aromatic rings. The molecular formula is C16H21N3O2S. The molecular weight excluding hydrogens is 298 g/mol. The van der Waals surface area contributed by atoms with Crippen molar-refractivity contribution in [3.05, 3.63) is 47.0 Å². The van der Waals surface area contributed by atoms with Crippen molar-refractivity contribution in [3.8, 4) is 0 Å². The molecule has 0 atom stereocenters. The molecule has 2 amide bonds. The molecule has 0 bridgehead atoms. The zero-order chi connectivity index (χ0) is 15.8. The Hall–Kier alpha value is -1.92. The summed E-state index contributed by atoms with van der Waals surface area (Å²) >= 11 is 1.50. The quantitative estimate of drug-likeness (QED) is 0.824. The van der Waals surface area contributed by atoms with Crippen LogP contribution in [-0.2, 0) is 13.0 Å². The summed E-state index contributed by atoms with van der Waals surface area (Å²) < 4.78 is 0. The van der Waals surface area contributed by atoms with Gasteiger partial charge in [0.05, 0.1) is 6.61 Å². The van der Waals surface area contributed by atoms with E-state index in [0.29, 0.717) is 11.7 Å². The van der Waals surface area contributed by atoms with Crippen molar-refractivity contribution in [1.82, 2.24) is 9.88 Å². The Morgan fingerprint density at radius 3 is 2.82 bits per heavy atom. The first-order chi connectivity index (χ1) is 10.7. The summed E-state index contributed by atoms with van der Waals surface area (Å²) in [6.07, 6.45) is 3.83. The third-order valence-electron chi connectivity index (χ3n) is 3.14. The smallest absolute Gasteiger partial charge is 0.324 e. The molecule has 1 aromatic heterocycles. The highest BCUT2D eigenvalue weighted by Crippen LogP contribution is 2.20. The van der Waals surface area contributed by atoms with E-state index in [0.717, 1.165) is 23.3 Å². The van der Waals surface area contributed by atoms with E-state index in [2.05, 4.69) is 17.2 Å². The van der Waals surface area contributed by atoms with Crippen LogP contribution in [0.5, 0.6) is 0 Å². The highest BCUT2D eigenvalue weighted by atomic mass is 32.1. The van der Waals surface area contributed by atoms with Crippen molar-refractivity contribution < 1.29 is 9.90 Å². The third-order valence-corrected chi connectivity index (χ3v) is 4.11. The number of hydrogen-bond donors (Lipinski definition) is 2. The first-order valence-electron chi connectivity index (χ1n) is 7.38. The van der Waals surface area contributed by atoms with Crippen LogP contribution in [0, 0.1) is 0 Å². The van der Waals surface area contributed by atoms with Crippen LogP contribution in [-0.4, -0.2) is 34.2 Å². The lowest BCUT2D eigenvalue weighted by molar-refractivity contribution is 0.185. The van der Waals surface area contributed by atoms with E-state index in [9.17, 15) is 4.79 Å². The maximum absolute atomic E-state index is 12.3. The molecule has 0 unspecified atom stereocenters. The first kappa shape index (κ1) is 16.5. The predicted molar refractivity (Wildman–Crippen MR) is 89.1 cm³/mol. The van der Waals surface area contributed by atoms with Crippen LogP contribution in [0.15, 0.2) is 36.5 Å². The number of rotatable bonds is 7.